The van der Waals surface area contributed by atoms with Gasteiger partial charge in [0, 0.05) is 24.3 Å². The fourth-order valence-corrected chi connectivity index (χ4v) is 3.35. The standard InChI is InChI=1S/C16H16N6O3S2/c17-27(24,25)13-4-2-11(3-5-13)9-20-14(23)8-12-10-26-16(21-12)22-15-18-6-1-7-19-15/h1-7,10H,8-9H2,(H,20,23)(H2,17,24,25)(H,18,19,21,22). The number of hydrogen-bond acceptors (Lipinski definition) is 8. The van der Waals surface area contributed by atoms with E-state index in [-0.39, 0.29) is 23.8 Å². The number of nitrogens with one attached hydrogen (secondary N) is 2. The maximum absolute atomic E-state index is 12.1. The van der Waals surface area contributed by atoms with Gasteiger partial charge >= 0.3 is 0 Å². The van der Waals surface area contributed by atoms with Gasteiger partial charge < -0.3 is 10.6 Å². The molecule has 2 heterocycles. The van der Waals surface area contributed by atoms with E-state index in [0.717, 1.165) is 5.56 Å². The molecule has 1 aromatic carbocycles. The van der Waals surface area contributed by atoms with Crippen molar-refractivity contribution in [3.63, 3.8) is 0 Å². The minimum absolute atomic E-state index is 0.0301. The van der Waals surface area contributed by atoms with E-state index >= 15 is 0 Å². The van der Waals surface area contributed by atoms with E-state index in [4.69, 9.17) is 5.14 Å². The number of rotatable bonds is 7. The highest BCUT2D eigenvalue weighted by Gasteiger charge is 2.10. The van der Waals surface area contributed by atoms with Crippen LogP contribution in [0.5, 0.6) is 0 Å². The number of amides is 1. The molecule has 4 N–H and O–H groups in total. The number of sulfonamides is 1. The number of nitrogens with two attached hydrogens (primary N) is 1. The average Bonchev–Trinajstić information content (AvgIpc) is 3.07. The molecule has 0 saturated heterocycles. The van der Waals surface area contributed by atoms with E-state index in [1.165, 1.54) is 23.5 Å². The monoisotopic (exact) mass is 404 g/mol. The van der Waals surface area contributed by atoms with Gasteiger partial charge in [-0.2, -0.15) is 0 Å². The zero-order chi connectivity index (χ0) is 19.3. The van der Waals surface area contributed by atoms with Crippen LogP contribution in [0.4, 0.5) is 11.1 Å². The van der Waals surface area contributed by atoms with Gasteiger partial charge in [-0.25, -0.2) is 28.5 Å². The summed E-state index contributed by atoms with van der Waals surface area (Å²) < 4.78 is 22.4. The van der Waals surface area contributed by atoms with Crippen LogP contribution in [-0.2, 0) is 27.8 Å². The maximum Gasteiger partial charge on any atom is 0.238 e. The summed E-state index contributed by atoms with van der Waals surface area (Å²) in [5.41, 5.74) is 1.39. The predicted molar refractivity (Wildman–Crippen MR) is 101 cm³/mol. The number of aromatic nitrogens is 3. The summed E-state index contributed by atoms with van der Waals surface area (Å²) in [6.45, 7) is 0.275. The summed E-state index contributed by atoms with van der Waals surface area (Å²) in [7, 11) is -3.72. The molecule has 0 fully saturated rings. The van der Waals surface area contributed by atoms with Crippen molar-refractivity contribution in [2.45, 2.75) is 17.9 Å². The van der Waals surface area contributed by atoms with Crippen LogP contribution < -0.4 is 15.8 Å². The van der Waals surface area contributed by atoms with Crippen molar-refractivity contribution in [3.05, 3.63) is 59.4 Å². The third-order valence-electron chi connectivity index (χ3n) is 3.42. The van der Waals surface area contributed by atoms with Gasteiger partial charge in [-0.15, -0.1) is 11.3 Å². The predicted octanol–water partition coefficient (Wildman–Crippen LogP) is 1.18. The van der Waals surface area contributed by atoms with Crippen molar-refractivity contribution >= 4 is 38.3 Å². The van der Waals surface area contributed by atoms with E-state index in [1.807, 2.05) is 0 Å². The number of thiazole rings is 1. The molecule has 1 amide bonds. The molecule has 0 spiro atoms. The first-order valence-electron chi connectivity index (χ1n) is 7.77. The summed E-state index contributed by atoms with van der Waals surface area (Å²) in [4.78, 5) is 24.5. The molecular weight excluding hydrogens is 388 g/mol. The van der Waals surface area contributed by atoms with Crippen LogP contribution >= 0.6 is 11.3 Å². The lowest BCUT2D eigenvalue weighted by Gasteiger charge is -2.05. The number of primary sulfonamides is 1. The molecule has 3 aromatic rings. The van der Waals surface area contributed by atoms with Crippen molar-refractivity contribution in [1.82, 2.24) is 20.3 Å². The normalized spacial score (nSPS) is 11.1. The second kappa shape index (κ2) is 8.20. The Kier molecular flexibility index (Phi) is 5.74. The van der Waals surface area contributed by atoms with Crippen molar-refractivity contribution in [3.8, 4) is 0 Å². The van der Waals surface area contributed by atoms with Crippen LogP contribution in [0.25, 0.3) is 0 Å². The number of anilines is 2. The largest absolute Gasteiger partial charge is 0.352 e. The lowest BCUT2D eigenvalue weighted by atomic mass is 10.2. The Labute approximate surface area is 159 Å². The molecule has 27 heavy (non-hydrogen) atoms. The van der Waals surface area contributed by atoms with Crippen molar-refractivity contribution in [1.29, 1.82) is 0 Å². The fourth-order valence-electron chi connectivity index (χ4n) is 2.13. The number of nitrogens with zero attached hydrogens (tertiary/aromatic N) is 3. The minimum Gasteiger partial charge on any atom is -0.352 e. The first-order valence-corrected chi connectivity index (χ1v) is 10.2. The molecule has 0 saturated carbocycles. The van der Waals surface area contributed by atoms with Gasteiger partial charge in [-0.3, -0.25) is 4.79 Å². The highest BCUT2D eigenvalue weighted by molar-refractivity contribution is 7.89. The molecule has 11 heteroatoms. The first-order chi connectivity index (χ1) is 12.9. The number of benzene rings is 1. The summed E-state index contributed by atoms with van der Waals surface area (Å²) in [5, 5.41) is 13.2. The smallest absolute Gasteiger partial charge is 0.238 e. The van der Waals surface area contributed by atoms with Gasteiger partial charge in [0.2, 0.25) is 21.9 Å². The Hall–Kier alpha value is -2.89. The molecular formula is C16H16N6O3S2. The molecule has 0 aliphatic carbocycles. The average molecular weight is 404 g/mol. The van der Waals surface area contributed by atoms with Crippen LogP contribution in [0, 0.1) is 0 Å². The van der Waals surface area contributed by atoms with E-state index in [2.05, 4.69) is 25.6 Å². The van der Waals surface area contributed by atoms with Gasteiger partial charge in [0.15, 0.2) is 5.13 Å². The van der Waals surface area contributed by atoms with Crippen LogP contribution in [0.1, 0.15) is 11.3 Å². The van der Waals surface area contributed by atoms with Gasteiger partial charge in [-0.05, 0) is 23.8 Å². The molecule has 2 aromatic heterocycles. The molecule has 0 aliphatic rings. The van der Waals surface area contributed by atoms with Gasteiger partial charge in [0.1, 0.15) is 0 Å². The lowest BCUT2D eigenvalue weighted by molar-refractivity contribution is -0.120. The quantitative estimate of drug-likeness (QED) is 0.537. The Morgan fingerprint density at radius 2 is 1.85 bits per heavy atom. The highest BCUT2D eigenvalue weighted by atomic mass is 32.2. The van der Waals surface area contributed by atoms with Crippen molar-refractivity contribution in [2.24, 2.45) is 5.14 Å². The molecule has 0 unspecified atom stereocenters. The van der Waals surface area contributed by atoms with Crippen LogP contribution in [-0.4, -0.2) is 29.3 Å². The number of hydrogen-bond donors (Lipinski definition) is 3. The van der Waals surface area contributed by atoms with E-state index < -0.39 is 10.0 Å². The molecule has 9 nitrogen and oxygen atoms in total. The zero-order valence-electron chi connectivity index (χ0n) is 14.0. The Morgan fingerprint density at radius 3 is 2.52 bits per heavy atom. The third-order valence-corrected chi connectivity index (χ3v) is 5.16. The van der Waals surface area contributed by atoms with E-state index in [0.29, 0.717) is 16.8 Å². The van der Waals surface area contributed by atoms with Crippen molar-refractivity contribution < 1.29 is 13.2 Å². The van der Waals surface area contributed by atoms with Gasteiger partial charge in [-0.1, -0.05) is 12.1 Å². The molecule has 0 atom stereocenters. The van der Waals surface area contributed by atoms with Crippen LogP contribution in [0.3, 0.4) is 0 Å². The SMILES string of the molecule is NS(=O)(=O)c1ccc(CNC(=O)Cc2csc(Nc3ncccn3)n2)cc1. The molecule has 0 aliphatic heterocycles. The van der Waals surface area contributed by atoms with Gasteiger partial charge in [0.05, 0.1) is 17.0 Å². The molecule has 140 valence electrons. The zero-order valence-corrected chi connectivity index (χ0v) is 15.6. The highest BCUT2D eigenvalue weighted by Crippen LogP contribution is 2.18. The summed E-state index contributed by atoms with van der Waals surface area (Å²) in [6, 6.07) is 7.72. The summed E-state index contributed by atoms with van der Waals surface area (Å²) in [5.74, 6) is 0.240. The van der Waals surface area contributed by atoms with E-state index in [9.17, 15) is 13.2 Å². The lowest BCUT2D eigenvalue weighted by Crippen LogP contribution is -2.24. The molecule has 0 radical (unpaired) electrons. The molecule has 0 bridgehead atoms. The van der Waals surface area contributed by atoms with Crippen molar-refractivity contribution in [2.75, 3.05) is 5.32 Å². The Bertz CT molecular complexity index is 1020. The first kappa shape index (κ1) is 18.9. The number of carbonyl (C=O) groups is 1. The van der Waals surface area contributed by atoms with Gasteiger partial charge in [0.25, 0.3) is 0 Å². The topological polar surface area (TPSA) is 140 Å². The third kappa shape index (κ3) is 5.54. The number of carbonyl (C=O) groups excluding carboxylic acids is 1. The summed E-state index contributed by atoms with van der Waals surface area (Å²) in [6.07, 6.45) is 3.36. The fraction of sp³-hybridized carbons (Fsp3) is 0.125. The Morgan fingerprint density at radius 1 is 1.15 bits per heavy atom. The Balaban J connectivity index is 1.51. The van der Waals surface area contributed by atoms with E-state index in [1.54, 1.807) is 36.0 Å². The van der Waals surface area contributed by atoms with Crippen LogP contribution in [0.2, 0.25) is 0 Å². The van der Waals surface area contributed by atoms with Crippen LogP contribution in [0.15, 0.2) is 53.0 Å². The second-order valence-electron chi connectivity index (χ2n) is 5.48. The minimum atomic E-state index is -3.72. The second-order valence-corrected chi connectivity index (χ2v) is 7.90. The molecule has 3 rings (SSSR count). The maximum atomic E-state index is 12.1. The summed E-state index contributed by atoms with van der Waals surface area (Å²) >= 11 is 1.35.